The molecule has 0 aliphatic carbocycles. The molecule has 9 nitrogen and oxygen atoms in total. The largest absolute Gasteiger partial charge is 0.451 e. The van der Waals surface area contributed by atoms with Crippen LogP contribution in [0, 0.1) is 0 Å². The number of amides is 4. The maximum absolute atomic E-state index is 12.9. The van der Waals surface area contributed by atoms with Gasteiger partial charge in [-0.05, 0) is 12.0 Å². The van der Waals surface area contributed by atoms with Crippen LogP contribution in [0.1, 0.15) is 24.7 Å². The summed E-state index contributed by atoms with van der Waals surface area (Å²) in [4.78, 5) is 37.5. The van der Waals surface area contributed by atoms with E-state index in [1.807, 2.05) is 0 Å². The third-order valence-electron chi connectivity index (χ3n) is 4.55. The Morgan fingerprint density at radius 1 is 1.23 bits per heavy atom. The number of urea groups is 1. The van der Waals surface area contributed by atoms with E-state index < -0.39 is 35.4 Å². The van der Waals surface area contributed by atoms with Gasteiger partial charge in [-0.15, -0.1) is 10.2 Å². The molecule has 0 saturated carbocycles. The first-order valence-electron chi connectivity index (χ1n) is 8.71. The van der Waals surface area contributed by atoms with Gasteiger partial charge < -0.3 is 9.88 Å². The lowest BCUT2D eigenvalue weighted by Gasteiger charge is -2.25. The number of carbonyl (C=O) groups excluding carboxylic acids is 3. The van der Waals surface area contributed by atoms with Crippen LogP contribution in [0.5, 0.6) is 0 Å². The smallest absolute Gasteiger partial charge is 0.318 e. The Labute approximate surface area is 173 Å². The number of aromatic nitrogens is 3. The average Bonchev–Trinajstić information content (AvgIpc) is 3.19. The molecule has 0 bridgehead atoms. The second kappa shape index (κ2) is 7.97. The molecule has 13 heteroatoms. The molecule has 1 aromatic heterocycles. The highest BCUT2D eigenvalue weighted by Crippen LogP contribution is 2.32. The molecule has 4 amide bonds. The Balaban J connectivity index is 1.68. The van der Waals surface area contributed by atoms with Crippen molar-refractivity contribution in [3.63, 3.8) is 0 Å². The van der Waals surface area contributed by atoms with Gasteiger partial charge in [-0.25, -0.2) is 4.79 Å². The van der Waals surface area contributed by atoms with E-state index in [1.165, 1.54) is 0 Å². The molecule has 0 radical (unpaired) electrons. The van der Waals surface area contributed by atoms with Gasteiger partial charge in [-0.2, -0.15) is 18.2 Å². The van der Waals surface area contributed by atoms with Crippen LogP contribution in [0.15, 0.2) is 35.5 Å². The number of benzene rings is 1. The minimum Gasteiger partial charge on any atom is -0.318 e. The summed E-state index contributed by atoms with van der Waals surface area (Å²) in [5.41, 5.74) is 1.45. The van der Waals surface area contributed by atoms with Crippen molar-refractivity contribution in [2.24, 2.45) is 7.05 Å². The van der Waals surface area contributed by atoms with Crippen LogP contribution >= 0.6 is 11.8 Å². The van der Waals surface area contributed by atoms with Crippen molar-refractivity contribution in [1.29, 1.82) is 0 Å². The highest BCUT2D eigenvalue weighted by molar-refractivity contribution is 7.99. The number of hydrogen-bond donors (Lipinski definition) is 2. The standard InChI is InChI=1S/C17H17F3N6O3S/c1-3-16(10-7-5-4-6-8-10)13(28)26(14(29)21-16)24-11(27)9-30-15-23-22-12(25(15)2)17(18,19)20/h4-8H,3,9H2,1-2H3,(H,21,29)(H,24,27). The summed E-state index contributed by atoms with van der Waals surface area (Å²) in [7, 11) is 1.12. The van der Waals surface area contributed by atoms with Crippen LogP contribution in [-0.4, -0.2) is 43.4 Å². The molecule has 160 valence electrons. The zero-order valence-electron chi connectivity index (χ0n) is 15.9. The van der Waals surface area contributed by atoms with Crippen molar-refractivity contribution < 1.29 is 27.6 Å². The Morgan fingerprint density at radius 2 is 1.90 bits per heavy atom. The summed E-state index contributed by atoms with van der Waals surface area (Å²) >= 11 is 0.688. The molecule has 1 unspecified atom stereocenters. The summed E-state index contributed by atoms with van der Waals surface area (Å²) in [6.45, 7) is 1.72. The normalized spacial score (nSPS) is 19.2. The van der Waals surface area contributed by atoms with Crippen molar-refractivity contribution in [2.45, 2.75) is 30.2 Å². The Bertz CT molecular complexity index is 981. The van der Waals surface area contributed by atoms with Gasteiger partial charge in [0.25, 0.3) is 5.91 Å². The van der Waals surface area contributed by atoms with E-state index in [-0.39, 0.29) is 17.3 Å². The number of alkyl halides is 3. The molecule has 2 heterocycles. The molecule has 1 aromatic carbocycles. The maximum atomic E-state index is 12.9. The number of hydrazine groups is 1. The molecule has 3 rings (SSSR count). The first-order chi connectivity index (χ1) is 14.1. The van der Waals surface area contributed by atoms with Gasteiger partial charge >= 0.3 is 12.2 Å². The fraction of sp³-hybridized carbons (Fsp3) is 0.353. The van der Waals surface area contributed by atoms with E-state index in [0.717, 1.165) is 7.05 Å². The Morgan fingerprint density at radius 3 is 2.47 bits per heavy atom. The molecule has 1 saturated heterocycles. The van der Waals surface area contributed by atoms with E-state index in [9.17, 15) is 27.6 Å². The number of nitrogens with zero attached hydrogens (tertiary/aromatic N) is 4. The van der Waals surface area contributed by atoms with E-state index in [0.29, 0.717) is 26.9 Å². The summed E-state index contributed by atoms with van der Waals surface area (Å²) in [5, 5.41) is 9.52. The summed E-state index contributed by atoms with van der Waals surface area (Å²) in [6.07, 6.45) is -4.42. The average molecular weight is 442 g/mol. The number of halogens is 3. The molecule has 0 spiro atoms. The topological polar surface area (TPSA) is 109 Å². The molecular weight excluding hydrogens is 425 g/mol. The van der Waals surface area contributed by atoms with Crippen molar-refractivity contribution in [1.82, 2.24) is 30.5 Å². The van der Waals surface area contributed by atoms with Gasteiger partial charge in [-0.1, -0.05) is 49.0 Å². The van der Waals surface area contributed by atoms with Crippen LogP contribution in [0.3, 0.4) is 0 Å². The van der Waals surface area contributed by atoms with Crippen molar-refractivity contribution in [2.75, 3.05) is 5.75 Å². The van der Waals surface area contributed by atoms with Gasteiger partial charge in [0.15, 0.2) is 5.16 Å². The highest BCUT2D eigenvalue weighted by Gasteiger charge is 2.52. The van der Waals surface area contributed by atoms with Gasteiger partial charge in [-0.3, -0.25) is 15.0 Å². The van der Waals surface area contributed by atoms with Crippen LogP contribution in [0.2, 0.25) is 0 Å². The SMILES string of the molecule is CCC1(c2ccccc2)NC(=O)N(NC(=O)CSc2nnc(C(F)(F)F)n2C)C1=O. The van der Waals surface area contributed by atoms with Crippen molar-refractivity contribution in [3.05, 3.63) is 41.7 Å². The lowest BCUT2D eigenvalue weighted by atomic mass is 9.87. The van der Waals surface area contributed by atoms with Gasteiger partial charge in [0, 0.05) is 7.05 Å². The number of imide groups is 1. The molecule has 1 atom stereocenters. The quantitative estimate of drug-likeness (QED) is 0.522. The summed E-state index contributed by atoms with van der Waals surface area (Å²) in [5.74, 6) is -3.00. The minimum atomic E-state index is -4.68. The van der Waals surface area contributed by atoms with E-state index >= 15 is 0 Å². The van der Waals surface area contributed by atoms with E-state index in [4.69, 9.17) is 0 Å². The van der Waals surface area contributed by atoms with Crippen LogP contribution < -0.4 is 10.7 Å². The predicted octanol–water partition coefficient (Wildman–Crippen LogP) is 1.81. The third kappa shape index (κ3) is 3.84. The maximum Gasteiger partial charge on any atom is 0.451 e. The van der Waals surface area contributed by atoms with Gasteiger partial charge in [0.1, 0.15) is 5.54 Å². The van der Waals surface area contributed by atoms with Gasteiger partial charge in [0.2, 0.25) is 11.7 Å². The Kier molecular flexibility index (Phi) is 5.74. The lowest BCUT2D eigenvalue weighted by molar-refractivity contribution is -0.147. The van der Waals surface area contributed by atoms with E-state index in [1.54, 1.807) is 37.3 Å². The second-order valence-electron chi connectivity index (χ2n) is 6.38. The first-order valence-corrected chi connectivity index (χ1v) is 9.70. The molecule has 2 N–H and O–H groups in total. The zero-order chi connectivity index (χ0) is 22.1. The number of hydrogen-bond acceptors (Lipinski definition) is 6. The Hall–Kier alpha value is -3.09. The second-order valence-corrected chi connectivity index (χ2v) is 7.32. The van der Waals surface area contributed by atoms with Crippen LogP contribution in [-0.2, 0) is 28.4 Å². The summed E-state index contributed by atoms with van der Waals surface area (Å²) in [6, 6.07) is 7.79. The fourth-order valence-electron chi connectivity index (χ4n) is 3.01. The van der Waals surface area contributed by atoms with Crippen LogP contribution in [0.25, 0.3) is 0 Å². The first kappa shape index (κ1) is 21.6. The minimum absolute atomic E-state index is 0.137. The van der Waals surface area contributed by atoms with Crippen LogP contribution in [0.4, 0.5) is 18.0 Å². The lowest BCUT2D eigenvalue weighted by Crippen LogP contribution is -2.49. The number of carbonyl (C=O) groups is 3. The molecule has 30 heavy (non-hydrogen) atoms. The van der Waals surface area contributed by atoms with E-state index in [2.05, 4.69) is 20.9 Å². The molecule has 2 aromatic rings. The van der Waals surface area contributed by atoms with Crippen molar-refractivity contribution in [3.8, 4) is 0 Å². The zero-order valence-corrected chi connectivity index (χ0v) is 16.7. The molecule has 1 fully saturated rings. The van der Waals surface area contributed by atoms with Crippen molar-refractivity contribution >= 4 is 29.6 Å². The van der Waals surface area contributed by atoms with Gasteiger partial charge in [0.05, 0.1) is 5.75 Å². The highest BCUT2D eigenvalue weighted by atomic mass is 32.2. The monoisotopic (exact) mass is 442 g/mol. The number of rotatable bonds is 6. The predicted molar refractivity (Wildman–Crippen MR) is 98.7 cm³/mol. The molecule has 1 aliphatic rings. The summed E-state index contributed by atoms with van der Waals surface area (Å²) < 4.78 is 39.0. The number of nitrogens with one attached hydrogen (secondary N) is 2. The fourth-order valence-corrected chi connectivity index (χ4v) is 3.72. The third-order valence-corrected chi connectivity index (χ3v) is 5.57. The number of thioether (sulfide) groups is 1. The molecule has 1 aliphatic heterocycles. The molecular formula is C17H17F3N6O3S.